The molecule has 0 radical (unpaired) electrons. The van der Waals surface area contributed by atoms with Crippen LogP contribution in [0.5, 0.6) is 0 Å². The maximum atomic E-state index is 11.1. The van der Waals surface area contributed by atoms with Crippen LogP contribution < -0.4 is 0 Å². The molecule has 0 amide bonds. The monoisotopic (exact) mass is 278 g/mol. The van der Waals surface area contributed by atoms with Crippen LogP contribution >= 0.6 is 0 Å². The van der Waals surface area contributed by atoms with Gasteiger partial charge in [-0.25, -0.2) is 0 Å². The second-order valence-corrected chi connectivity index (χ2v) is 8.21. The van der Waals surface area contributed by atoms with E-state index in [9.17, 15) is 9.59 Å². The van der Waals surface area contributed by atoms with Gasteiger partial charge in [0.25, 0.3) is 0 Å². The highest BCUT2D eigenvalue weighted by molar-refractivity contribution is 5.91. The van der Waals surface area contributed by atoms with Crippen molar-refractivity contribution >= 4 is 11.6 Å². The van der Waals surface area contributed by atoms with E-state index in [4.69, 9.17) is 0 Å². The zero-order valence-corrected chi connectivity index (χ0v) is 14.0. The number of carbonyl (C=O) groups excluding carboxylic acids is 2. The molecule has 1 fully saturated rings. The number of Topliss-reactive ketones (excluding diaryl/α,β-unsaturated/α-hetero) is 1. The SMILES string of the molecule is CC1=CC(=O)CC(C)(C)C1.CC1CC(C)(C)CCC1=O. The van der Waals surface area contributed by atoms with Crippen LogP contribution in [0.25, 0.3) is 0 Å². The third kappa shape index (κ3) is 5.60. The van der Waals surface area contributed by atoms with E-state index in [-0.39, 0.29) is 11.2 Å². The number of hydrogen-bond donors (Lipinski definition) is 0. The fourth-order valence-corrected chi connectivity index (χ4v) is 3.42. The van der Waals surface area contributed by atoms with Gasteiger partial charge in [-0.3, -0.25) is 9.59 Å². The summed E-state index contributed by atoms with van der Waals surface area (Å²) < 4.78 is 0. The summed E-state index contributed by atoms with van der Waals surface area (Å²) in [5, 5.41) is 0. The highest BCUT2D eigenvalue weighted by Crippen LogP contribution is 2.36. The molecular weight excluding hydrogens is 248 g/mol. The van der Waals surface area contributed by atoms with Crippen LogP contribution in [0.3, 0.4) is 0 Å². The maximum absolute atomic E-state index is 11.1. The molecule has 0 aliphatic heterocycles. The lowest BCUT2D eigenvalue weighted by Crippen LogP contribution is -2.27. The molecule has 0 aromatic rings. The van der Waals surface area contributed by atoms with Gasteiger partial charge in [-0.2, -0.15) is 0 Å². The van der Waals surface area contributed by atoms with Crippen molar-refractivity contribution in [2.24, 2.45) is 16.7 Å². The summed E-state index contributed by atoms with van der Waals surface area (Å²) >= 11 is 0. The van der Waals surface area contributed by atoms with Crippen LogP contribution in [0.15, 0.2) is 11.6 Å². The molecule has 0 aromatic carbocycles. The van der Waals surface area contributed by atoms with Crippen molar-refractivity contribution < 1.29 is 9.59 Å². The Balaban J connectivity index is 0.000000200. The molecule has 1 unspecified atom stereocenters. The van der Waals surface area contributed by atoms with Crippen LogP contribution in [0.2, 0.25) is 0 Å². The molecule has 0 N–H and O–H groups in total. The smallest absolute Gasteiger partial charge is 0.156 e. The largest absolute Gasteiger partial charge is 0.299 e. The minimum absolute atomic E-state index is 0.204. The second-order valence-electron chi connectivity index (χ2n) is 8.21. The summed E-state index contributed by atoms with van der Waals surface area (Å²) in [4.78, 5) is 22.1. The van der Waals surface area contributed by atoms with Crippen molar-refractivity contribution in [2.45, 2.75) is 73.6 Å². The Bertz CT molecular complexity index is 413. The van der Waals surface area contributed by atoms with Gasteiger partial charge in [0.2, 0.25) is 0 Å². The van der Waals surface area contributed by atoms with Crippen LogP contribution in [0.4, 0.5) is 0 Å². The minimum Gasteiger partial charge on any atom is -0.299 e. The fraction of sp³-hybridized carbons (Fsp3) is 0.778. The summed E-state index contributed by atoms with van der Waals surface area (Å²) in [5.41, 5.74) is 1.84. The van der Waals surface area contributed by atoms with Gasteiger partial charge < -0.3 is 0 Å². The molecule has 2 aliphatic carbocycles. The van der Waals surface area contributed by atoms with Gasteiger partial charge in [-0.05, 0) is 43.1 Å². The zero-order valence-electron chi connectivity index (χ0n) is 14.0. The summed E-state index contributed by atoms with van der Waals surface area (Å²) in [6.07, 6.45) is 6.50. The van der Waals surface area contributed by atoms with Gasteiger partial charge >= 0.3 is 0 Å². The number of carbonyl (C=O) groups is 2. The third-order valence-electron chi connectivity index (χ3n) is 4.27. The summed E-state index contributed by atoms with van der Waals surface area (Å²) in [7, 11) is 0. The first-order valence-corrected chi connectivity index (χ1v) is 7.73. The maximum Gasteiger partial charge on any atom is 0.156 e. The van der Waals surface area contributed by atoms with Crippen LogP contribution in [-0.2, 0) is 9.59 Å². The molecule has 0 aromatic heterocycles. The Morgan fingerprint density at radius 1 is 1.05 bits per heavy atom. The van der Waals surface area contributed by atoms with E-state index in [1.165, 1.54) is 5.57 Å². The van der Waals surface area contributed by atoms with Crippen LogP contribution in [0, 0.1) is 16.7 Å². The summed E-state index contributed by atoms with van der Waals surface area (Å²) in [6, 6.07) is 0. The lowest BCUT2D eigenvalue weighted by atomic mass is 9.72. The van der Waals surface area contributed by atoms with E-state index >= 15 is 0 Å². The van der Waals surface area contributed by atoms with Gasteiger partial charge in [0.05, 0.1) is 0 Å². The molecule has 1 atom stereocenters. The fourth-order valence-electron chi connectivity index (χ4n) is 3.42. The van der Waals surface area contributed by atoms with Gasteiger partial charge in [0, 0.05) is 18.8 Å². The molecule has 114 valence electrons. The molecule has 2 aliphatic rings. The molecule has 0 bridgehead atoms. The van der Waals surface area contributed by atoms with Crippen molar-refractivity contribution in [3.8, 4) is 0 Å². The predicted octanol–water partition coefficient (Wildman–Crippen LogP) is 4.72. The quantitative estimate of drug-likeness (QED) is 0.642. The first kappa shape index (κ1) is 17.1. The van der Waals surface area contributed by atoms with Gasteiger partial charge in [-0.15, -0.1) is 0 Å². The predicted molar refractivity (Wildman–Crippen MR) is 83.6 cm³/mol. The Kier molecular flexibility index (Phi) is 5.34. The number of hydrogen-bond acceptors (Lipinski definition) is 2. The molecule has 2 nitrogen and oxygen atoms in total. The average molecular weight is 278 g/mol. The highest BCUT2D eigenvalue weighted by Gasteiger charge is 2.30. The van der Waals surface area contributed by atoms with E-state index in [1.807, 2.05) is 13.8 Å². The molecule has 2 rings (SSSR count). The minimum atomic E-state index is 0.204. The standard InChI is InChI=1S/C9H14O.C9H16O/c1-7-4-8(10)6-9(2,3)5-7;1-7-6-9(2,3)5-4-8(7)10/h4H,5-6H2,1-3H3;7H,4-6H2,1-3H3. The Hall–Kier alpha value is -0.920. The first-order chi connectivity index (χ1) is 9.01. The third-order valence-corrected chi connectivity index (χ3v) is 4.27. The van der Waals surface area contributed by atoms with E-state index < -0.39 is 0 Å². The van der Waals surface area contributed by atoms with E-state index in [0.29, 0.717) is 23.5 Å². The normalized spacial score (nSPS) is 28.3. The Labute approximate surface area is 124 Å². The Morgan fingerprint density at radius 3 is 2.05 bits per heavy atom. The molecule has 20 heavy (non-hydrogen) atoms. The molecular formula is C18H30O2. The van der Waals surface area contributed by atoms with Gasteiger partial charge in [0.15, 0.2) is 5.78 Å². The molecule has 0 spiro atoms. The van der Waals surface area contributed by atoms with Crippen LogP contribution in [0.1, 0.15) is 73.6 Å². The zero-order chi connectivity index (χ0) is 15.6. The van der Waals surface area contributed by atoms with Crippen molar-refractivity contribution in [3.05, 3.63) is 11.6 Å². The molecule has 0 saturated heterocycles. The number of rotatable bonds is 0. The average Bonchev–Trinajstić information content (AvgIpc) is 2.20. The first-order valence-electron chi connectivity index (χ1n) is 7.73. The summed E-state index contributed by atoms with van der Waals surface area (Å²) in [6.45, 7) is 12.8. The van der Waals surface area contributed by atoms with Gasteiger partial charge in [0.1, 0.15) is 5.78 Å². The van der Waals surface area contributed by atoms with Crippen molar-refractivity contribution in [1.29, 1.82) is 0 Å². The highest BCUT2D eigenvalue weighted by atomic mass is 16.1. The molecule has 0 heterocycles. The topological polar surface area (TPSA) is 34.1 Å². The van der Waals surface area contributed by atoms with Crippen LogP contribution in [-0.4, -0.2) is 11.6 Å². The van der Waals surface area contributed by atoms with E-state index in [2.05, 4.69) is 27.7 Å². The van der Waals surface area contributed by atoms with Gasteiger partial charge in [-0.1, -0.05) is 40.2 Å². The van der Waals surface area contributed by atoms with E-state index in [1.54, 1.807) is 6.08 Å². The molecule has 1 saturated carbocycles. The lowest BCUT2D eigenvalue weighted by Gasteiger charge is -2.32. The van der Waals surface area contributed by atoms with Crippen molar-refractivity contribution in [2.75, 3.05) is 0 Å². The lowest BCUT2D eigenvalue weighted by molar-refractivity contribution is -0.126. The molecule has 2 heteroatoms. The van der Waals surface area contributed by atoms with E-state index in [0.717, 1.165) is 25.7 Å². The second kappa shape index (κ2) is 6.24. The number of ketones is 2. The van der Waals surface area contributed by atoms with Crippen molar-refractivity contribution in [1.82, 2.24) is 0 Å². The summed E-state index contributed by atoms with van der Waals surface area (Å²) in [5.74, 6) is 1.05. The number of allylic oxidation sites excluding steroid dienone is 2. The van der Waals surface area contributed by atoms with Crippen molar-refractivity contribution in [3.63, 3.8) is 0 Å². The Morgan fingerprint density at radius 2 is 1.65 bits per heavy atom.